The van der Waals surface area contributed by atoms with Crippen molar-refractivity contribution in [1.29, 1.82) is 0 Å². The van der Waals surface area contributed by atoms with Crippen LogP contribution in [0.15, 0.2) is 101 Å². The topological polar surface area (TPSA) is 18.5 Å². The van der Waals surface area contributed by atoms with Gasteiger partial charge < -0.3 is 9.31 Å². The summed E-state index contributed by atoms with van der Waals surface area (Å²) in [5.74, 6) is 0. The molecule has 0 aliphatic carbocycles. The van der Waals surface area contributed by atoms with Crippen LogP contribution in [-0.4, -0.2) is 26.4 Å². The fourth-order valence-corrected chi connectivity index (χ4v) is 13.4. The molecular formula is C30H27BO2SSi. The van der Waals surface area contributed by atoms with Crippen LogP contribution in [0.5, 0.6) is 0 Å². The Morgan fingerprint density at radius 2 is 1.11 bits per heavy atom. The summed E-state index contributed by atoms with van der Waals surface area (Å²) in [6, 6.07) is 34.1. The first kappa shape index (κ1) is 21.7. The molecule has 3 aliphatic rings. The molecule has 3 aliphatic heterocycles. The van der Waals surface area contributed by atoms with Gasteiger partial charge in [0.25, 0.3) is 0 Å². The normalized spacial score (nSPS) is 19.7. The van der Waals surface area contributed by atoms with E-state index in [1.165, 1.54) is 41.7 Å². The number of hydrogen-bond donors (Lipinski definition) is 0. The largest absolute Gasteiger partial charge is 0.494 e. The van der Waals surface area contributed by atoms with Crippen molar-refractivity contribution in [1.82, 2.24) is 0 Å². The lowest BCUT2D eigenvalue weighted by Gasteiger charge is -2.37. The molecule has 2 nitrogen and oxygen atoms in total. The van der Waals surface area contributed by atoms with E-state index in [9.17, 15) is 0 Å². The van der Waals surface area contributed by atoms with Crippen LogP contribution in [0.4, 0.5) is 0 Å². The molecule has 172 valence electrons. The van der Waals surface area contributed by atoms with E-state index in [0.29, 0.717) is 0 Å². The minimum absolute atomic E-state index is 0.366. The molecule has 1 saturated heterocycles. The standard InChI is InChI=1S/C30H27BO2SSi/c1-29(2)30(3,4)33-31(32-29)20-17-18-22-21-11-5-8-14-25(21)35(28(22)19-20)26-15-9-6-12-23(26)34-24-13-7-10-16-27(24)35/h5-19H,1-4H3. The van der Waals surface area contributed by atoms with E-state index in [-0.39, 0.29) is 18.3 Å². The van der Waals surface area contributed by atoms with Crippen LogP contribution in [0.2, 0.25) is 0 Å². The zero-order valence-electron chi connectivity index (χ0n) is 20.5. The summed E-state index contributed by atoms with van der Waals surface area (Å²) in [5.41, 5.74) is 3.09. The molecule has 35 heavy (non-hydrogen) atoms. The van der Waals surface area contributed by atoms with Gasteiger partial charge in [-0.05, 0) is 77.2 Å². The average molecular weight is 491 g/mol. The summed E-state index contributed by atoms with van der Waals surface area (Å²) in [6.07, 6.45) is 0. The van der Waals surface area contributed by atoms with Crippen LogP contribution < -0.4 is 26.2 Å². The Kier molecular flexibility index (Phi) is 4.48. The smallest absolute Gasteiger partial charge is 0.399 e. The molecule has 4 aromatic rings. The molecule has 0 amide bonds. The SMILES string of the molecule is CC1(C)OB(c2ccc3c(c2)[Si]2(c4ccccc4Sc4ccccc42)c2ccccc2-3)OC1(C)C. The Labute approximate surface area is 212 Å². The van der Waals surface area contributed by atoms with Crippen LogP contribution in [0.3, 0.4) is 0 Å². The lowest BCUT2D eigenvalue weighted by Crippen LogP contribution is -2.75. The number of fused-ring (bicyclic) bond motifs is 9. The fourth-order valence-electron chi connectivity index (χ4n) is 6.00. The van der Waals surface area contributed by atoms with E-state index >= 15 is 0 Å². The summed E-state index contributed by atoms with van der Waals surface area (Å²) < 4.78 is 13.0. The van der Waals surface area contributed by atoms with Crippen LogP contribution in [-0.2, 0) is 9.31 Å². The van der Waals surface area contributed by atoms with Gasteiger partial charge in [0.15, 0.2) is 8.07 Å². The second-order valence-electron chi connectivity index (χ2n) is 10.8. The third kappa shape index (κ3) is 2.81. The highest BCUT2D eigenvalue weighted by atomic mass is 32.2. The predicted molar refractivity (Wildman–Crippen MR) is 149 cm³/mol. The second kappa shape index (κ2) is 7.23. The van der Waals surface area contributed by atoms with Gasteiger partial charge in [0.1, 0.15) is 0 Å². The molecule has 0 saturated carbocycles. The van der Waals surface area contributed by atoms with E-state index in [0.717, 1.165) is 5.46 Å². The van der Waals surface area contributed by atoms with Gasteiger partial charge in [-0.25, -0.2) is 0 Å². The molecule has 7 rings (SSSR count). The summed E-state index contributed by atoms with van der Waals surface area (Å²) in [6.45, 7) is 8.49. The van der Waals surface area contributed by atoms with Gasteiger partial charge in [0.05, 0.1) is 11.2 Å². The van der Waals surface area contributed by atoms with Crippen molar-refractivity contribution in [2.75, 3.05) is 0 Å². The third-order valence-electron chi connectivity index (χ3n) is 8.40. The zero-order valence-corrected chi connectivity index (χ0v) is 22.3. The van der Waals surface area contributed by atoms with E-state index in [2.05, 4.69) is 119 Å². The first-order chi connectivity index (χ1) is 16.8. The van der Waals surface area contributed by atoms with Crippen LogP contribution in [0.25, 0.3) is 11.1 Å². The Morgan fingerprint density at radius 3 is 1.74 bits per heavy atom. The number of rotatable bonds is 1. The lowest BCUT2D eigenvalue weighted by atomic mass is 9.78. The maximum absolute atomic E-state index is 6.49. The van der Waals surface area contributed by atoms with E-state index in [1.54, 1.807) is 0 Å². The molecule has 0 unspecified atom stereocenters. The Bertz CT molecular complexity index is 1450. The average Bonchev–Trinajstić information content (AvgIpc) is 3.26. The van der Waals surface area contributed by atoms with Crippen molar-refractivity contribution in [2.24, 2.45) is 0 Å². The second-order valence-corrected chi connectivity index (χ2v) is 15.5. The molecule has 3 heterocycles. The number of hydrogen-bond acceptors (Lipinski definition) is 3. The first-order valence-electron chi connectivity index (χ1n) is 12.3. The maximum atomic E-state index is 6.49. The minimum atomic E-state index is -2.49. The quantitative estimate of drug-likeness (QED) is 0.327. The number of benzene rings is 4. The molecule has 0 atom stereocenters. The highest BCUT2D eigenvalue weighted by molar-refractivity contribution is 8.00. The molecule has 4 aromatic carbocycles. The van der Waals surface area contributed by atoms with Gasteiger partial charge in [-0.3, -0.25) is 0 Å². The van der Waals surface area contributed by atoms with Gasteiger partial charge in [0.2, 0.25) is 0 Å². The predicted octanol–water partition coefficient (Wildman–Crippen LogP) is 3.81. The summed E-state index contributed by atoms with van der Waals surface area (Å²) >= 11 is 1.91. The summed E-state index contributed by atoms with van der Waals surface area (Å²) in [4.78, 5) is 2.75. The summed E-state index contributed by atoms with van der Waals surface area (Å²) in [7, 11) is -2.86. The Morgan fingerprint density at radius 1 is 0.600 bits per heavy atom. The van der Waals surface area contributed by atoms with Crippen molar-refractivity contribution in [2.45, 2.75) is 48.7 Å². The van der Waals surface area contributed by atoms with Crippen LogP contribution >= 0.6 is 11.8 Å². The first-order valence-corrected chi connectivity index (χ1v) is 15.1. The van der Waals surface area contributed by atoms with Crippen molar-refractivity contribution in [3.63, 3.8) is 0 Å². The van der Waals surface area contributed by atoms with Gasteiger partial charge in [0, 0.05) is 9.79 Å². The maximum Gasteiger partial charge on any atom is 0.494 e. The Balaban J connectivity index is 1.54. The molecular weight excluding hydrogens is 463 g/mol. The molecule has 0 radical (unpaired) electrons. The van der Waals surface area contributed by atoms with Gasteiger partial charge >= 0.3 is 7.12 Å². The molecule has 0 bridgehead atoms. The molecule has 5 heteroatoms. The van der Waals surface area contributed by atoms with Crippen molar-refractivity contribution in [3.05, 3.63) is 91.0 Å². The molecule has 1 fully saturated rings. The highest BCUT2D eigenvalue weighted by Gasteiger charge is 2.55. The monoisotopic (exact) mass is 490 g/mol. The molecule has 0 aromatic heterocycles. The highest BCUT2D eigenvalue weighted by Crippen LogP contribution is 2.39. The van der Waals surface area contributed by atoms with Crippen LogP contribution in [0.1, 0.15) is 27.7 Å². The minimum Gasteiger partial charge on any atom is -0.399 e. The van der Waals surface area contributed by atoms with Crippen molar-refractivity contribution in [3.8, 4) is 11.1 Å². The fraction of sp³-hybridized carbons (Fsp3) is 0.200. The molecule has 1 spiro atoms. The van der Waals surface area contributed by atoms with Crippen molar-refractivity contribution < 1.29 is 9.31 Å². The van der Waals surface area contributed by atoms with Gasteiger partial charge in [-0.1, -0.05) is 90.6 Å². The van der Waals surface area contributed by atoms with Crippen LogP contribution in [0, 0.1) is 0 Å². The van der Waals surface area contributed by atoms with Gasteiger partial charge in [-0.15, -0.1) is 0 Å². The third-order valence-corrected chi connectivity index (χ3v) is 14.9. The van der Waals surface area contributed by atoms with E-state index < -0.39 is 8.07 Å². The zero-order chi connectivity index (χ0) is 24.0. The molecule has 0 N–H and O–H groups in total. The lowest BCUT2D eigenvalue weighted by molar-refractivity contribution is 0.00578. The Hall–Kier alpha value is -2.57. The van der Waals surface area contributed by atoms with Gasteiger partial charge in [-0.2, -0.15) is 0 Å². The van der Waals surface area contributed by atoms with E-state index in [4.69, 9.17) is 9.31 Å². The summed E-state index contributed by atoms with van der Waals surface area (Å²) in [5, 5.41) is 5.91. The van der Waals surface area contributed by atoms with Crippen molar-refractivity contribution >= 4 is 53.2 Å². The van der Waals surface area contributed by atoms with E-state index in [1.807, 2.05) is 11.8 Å².